The van der Waals surface area contributed by atoms with Crippen molar-refractivity contribution in [3.05, 3.63) is 48.5 Å². The molecule has 1 aromatic carbocycles. The van der Waals surface area contributed by atoms with Crippen molar-refractivity contribution in [1.29, 1.82) is 0 Å². The highest BCUT2D eigenvalue weighted by atomic mass is 15.2. The Morgan fingerprint density at radius 1 is 1.05 bits per heavy atom. The fourth-order valence-electron chi connectivity index (χ4n) is 2.39. The first kappa shape index (κ1) is 11.8. The van der Waals surface area contributed by atoms with Crippen LogP contribution in [0.5, 0.6) is 0 Å². The van der Waals surface area contributed by atoms with Crippen LogP contribution in [0.1, 0.15) is 5.82 Å². The first-order chi connectivity index (χ1) is 10.3. The number of rotatable bonds is 2. The third-order valence-corrected chi connectivity index (χ3v) is 3.30. The average Bonchev–Trinajstić information content (AvgIpc) is 3.16. The summed E-state index contributed by atoms with van der Waals surface area (Å²) in [4.78, 5) is 16.5. The molecule has 0 saturated heterocycles. The fourth-order valence-corrected chi connectivity index (χ4v) is 2.39. The lowest BCUT2D eigenvalue weighted by Gasteiger charge is -1.99. The SMILES string of the molecule is Cc1nc(-c2nc[nH]n2)c2[nH]c(-c3ccccc3)cc2n1. The quantitative estimate of drug-likeness (QED) is 0.589. The summed E-state index contributed by atoms with van der Waals surface area (Å²) in [5.41, 5.74) is 4.53. The highest BCUT2D eigenvalue weighted by Gasteiger charge is 2.14. The Hall–Kier alpha value is -3.02. The van der Waals surface area contributed by atoms with Crippen LogP contribution in [0.2, 0.25) is 0 Å². The van der Waals surface area contributed by atoms with Crippen molar-refractivity contribution in [3.63, 3.8) is 0 Å². The van der Waals surface area contributed by atoms with Gasteiger partial charge in [0.2, 0.25) is 5.82 Å². The van der Waals surface area contributed by atoms with E-state index in [0.717, 1.165) is 22.3 Å². The molecular formula is C15H12N6. The van der Waals surface area contributed by atoms with E-state index in [1.807, 2.05) is 31.2 Å². The molecule has 4 rings (SSSR count). The van der Waals surface area contributed by atoms with Gasteiger partial charge in [0.25, 0.3) is 0 Å². The molecule has 21 heavy (non-hydrogen) atoms. The van der Waals surface area contributed by atoms with Gasteiger partial charge in [0, 0.05) is 5.69 Å². The number of fused-ring (bicyclic) bond motifs is 1. The molecule has 102 valence electrons. The Labute approximate surface area is 120 Å². The smallest absolute Gasteiger partial charge is 0.201 e. The zero-order valence-electron chi connectivity index (χ0n) is 11.3. The monoisotopic (exact) mass is 276 g/mol. The predicted molar refractivity (Wildman–Crippen MR) is 79.4 cm³/mol. The van der Waals surface area contributed by atoms with Crippen LogP contribution >= 0.6 is 0 Å². The van der Waals surface area contributed by atoms with Gasteiger partial charge in [-0.15, -0.1) is 0 Å². The predicted octanol–water partition coefficient (Wildman–Crippen LogP) is 2.72. The van der Waals surface area contributed by atoms with E-state index in [9.17, 15) is 0 Å². The Morgan fingerprint density at radius 3 is 2.67 bits per heavy atom. The average molecular weight is 276 g/mol. The summed E-state index contributed by atoms with van der Waals surface area (Å²) < 4.78 is 0. The van der Waals surface area contributed by atoms with Crippen LogP contribution < -0.4 is 0 Å². The van der Waals surface area contributed by atoms with Gasteiger partial charge in [-0.05, 0) is 18.6 Å². The van der Waals surface area contributed by atoms with E-state index in [4.69, 9.17) is 0 Å². The number of nitrogens with one attached hydrogen (secondary N) is 2. The summed E-state index contributed by atoms with van der Waals surface area (Å²) in [6, 6.07) is 12.1. The van der Waals surface area contributed by atoms with Gasteiger partial charge in [0.05, 0.1) is 11.0 Å². The maximum Gasteiger partial charge on any atom is 0.201 e. The molecule has 0 aliphatic carbocycles. The summed E-state index contributed by atoms with van der Waals surface area (Å²) in [6.45, 7) is 1.87. The maximum atomic E-state index is 4.48. The Balaban J connectivity index is 1.97. The number of aromatic amines is 2. The van der Waals surface area contributed by atoms with Crippen LogP contribution in [0.25, 0.3) is 33.8 Å². The van der Waals surface area contributed by atoms with E-state index in [2.05, 4.69) is 42.3 Å². The zero-order valence-corrected chi connectivity index (χ0v) is 11.3. The number of hydrogen-bond donors (Lipinski definition) is 2. The van der Waals surface area contributed by atoms with Crippen molar-refractivity contribution in [3.8, 4) is 22.8 Å². The van der Waals surface area contributed by atoms with Crippen molar-refractivity contribution in [1.82, 2.24) is 30.1 Å². The van der Waals surface area contributed by atoms with Crippen molar-refractivity contribution in [2.45, 2.75) is 6.92 Å². The lowest BCUT2D eigenvalue weighted by atomic mass is 10.2. The van der Waals surface area contributed by atoms with Gasteiger partial charge in [-0.25, -0.2) is 15.0 Å². The van der Waals surface area contributed by atoms with Crippen molar-refractivity contribution in [2.75, 3.05) is 0 Å². The summed E-state index contributed by atoms with van der Waals surface area (Å²) in [5, 5.41) is 6.83. The molecule has 0 unspecified atom stereocenters. The van der Waals surface area contributed by atoms with Gasteiger partial charge in [0.1, 0.15) is 17.8 Å². The second-order valence-corrected chi connectivity index (χ2v) is 4.75. The molecule has 0 atom stereocenters. The summed E-state index contributed by atoms with van der Waals surface area (Å²) in [7, 11) is 0. The maximum absolute atomic E-state index is 4.48. The molecule has 0 fully saturated rings. The van der Waals surface area contributed by atoms with Crippen molar-refractivity contribution < 1.29 is 0 Å². The summed E-state index contributed by atoms with van der Waals surface area (Å²) >= 11 is 0. The molecule has 0 radical (unpaired) electrons. The standard InChI is InChI=1S/C15H12N6/c1-9-18-12-7-11(10-5-3-2-4-6-10)20-13(12)14(19-9)15-16-8-17-21-15/h2-8,20H,1H3,(H,16,17,21). The summed E-state index contributed by atoms with van der Waals surface area (Å²) in [5.74, 6) is 1.26. The largest absolute Gasteiger partial charge is 0.351 e. The second-order valence-electron chi connectivity index (χ2n) is 4.75. The normalized spacial score (nSPS) is 11.1. The van der Waals surface area contributed by atoms with Crippen molar-refractivity contribution >= 4 is 11.0 Å². The number of benzene rings is 1. The van der Waals surface area contributed by atoms with E-state index in [0.29, 0.717) is 17.3 Å². The number of nitrogens with zero attached hydrogens (tertiary/aromatic N) is 4. The highest BCUT2D eigenvalue weighted by molar-refractivity contribution is 5.91. The molecule has 0 saturated carbocycles. The zero-order chi connectivity index (χ0) is 14.2. The third kappa shape index (κ3) is 1.97. The molecule has 4 aromatic rings. The molecular weight excluding hydrogens is 264 g/mol. The molecule has 6 heteroatoms. The van der Waals surface area contributed by atoms with Crippen LogP contribution in [-0.4, -0.2) is 30.1 Å². The third-order valence-electron chi connectivity index (χ3n) is 3.30. The Bertz CT molecular complexity index is 893. The molecule has 0 amide bonds. The van der Waals surface area contributed by atoms with Gasteiger partial charge in [-0.2, -0.15) is 5.10 Å². The van der Waals surface area contributed by atoms with E-state index in [1.165, 1.54) is 0 Å². The number of H-pyrrole nitrogens is 2. The van der Waals surface area contributed by atoms with Gasteiger partial charge < -0.3 is 4.98 Å². The van der Waals surface area contributed by atoms with Crippen LogP contribution in [0.15, 0.2) is 42.7 Å². The van der Waals surface area contributed by atoms with E-state index in [-0.39, 0.29) is 0 Å². The Kier molecular flexibility index (Phi) is 2.53. The van der Waals surface area contributed by atoms with E-state index < -0.39 is 0 Å². The minimum atomic E-state index is 0.562. The molecule has 0 bridgehead atoms. The van der Waals surface area contributed by atoms with Crippen molar-refractivity contribution in [2.24, 2.45) is 0 Å². The number of aryl methyl sites for hydroxylation is 1. The fraction of sp³-hybridized carbons (Fsp3) is 0.0667. The highest BCUT2D eigenvalue weighted by Crippen LogP contribution is 2.27. The van der Waals surface area contributed by atoms with Crippen LogP contribution in [0.4, 0.5) is 0 Å². The van der Waals surface area contributed by atoms with Gasteiger partial charge in [-0.1, -0.05) is 30.3 Å². The first-order valence-electron chi connectivity index (χ1n) is 6.60. The number of hydrogen-bond acceptors (Lipinski definition) is 4. The second kappa shape index (κ2) is 4.52. The molecule has 2 N–H and O–H groups in total. The van der Waals surface area contributed by atoms with E-state index >= 15 is 0 Å². The Morgan fingerprint density at radius 2 is 1.90 bits per heavy atom. The lowest BCUT2D eigenvalue weighted by Crippen LogP contribution is -1.94. The van der Waals surface area contributed by atoms with Gasteiger partial charge in [0.15, 0.2) is 0 Å². The molecule has 0 aliphatic rings. The summed E-state index contributed by atoms with van der Waals surface area (Å²) in [6.07, 6.45) is 1.54. The van der Waals surface area contributed by atoms with Gasteiger partial charge >= 0.3 is 0 Å². The molecule has 3 heterocycles. The first-order valence-corrected chi connectivity index (χ1v) is 6.60. The van der Waals surface area contributed by atoms with E-state index in [1.54, 1.807) is 6.33 Å². The topological polar surface area (TPSA) is 83.1 Å². The minimum Gasteiger partial charge on any atom is -0.351 e. The lowest BCUT2D eigenvalue weighted by molar-refractivity contribution is 1.05. The molecule has 6 nitrogen and oxygen atoms in total. The van der Waals surface area contributed by atoms with Crippen LogP contribution in [0, 0.1) is 6.92 Å². The minimum absolute atomic E-state index is 0.562. The molecule has 3 aromatic heterocycles. The number of aromatic nitrogens is 6. The molecule has 0 aliphatic heterocycles. The van der Waals surface area contributed by atoms with Gasteiger partial charge in [-0.3, -0.25) is 5.10 Å². The van der Waals surface area contributed by atoms with Crippen LogP contribution in [0.3, 0.4) is 0 Å². The molecule has 0 spiro atoms. The van der Waals surface area contributed by atoms with Crippen LogP contribution in [-0.2, 0) is 0 Å².